The third-order valence-electron chi connectivity index (χ3n) is 5.09. The number of amides is 1. The molecule has 4 rings (SSSR count). The van der Waals surface area contributed by atoms with Gasteiger partial charge in [0.15, 0.2) is 0 Å². The number of fused-ring (bicyclic) bond motifs is 2. The van der Waals surface area contributed by atoms with E-state index in [0.717, 1.165) is 24.8 Å². The van der Waals surface area contributed by atoms with Crippen molar-refractivity contribution in [1.82, 2.24) is 0 Å². The molecule has 1 aromatic rings. The van der Waals surface area contributed by atoms with Crippen molar-refractivity contribution in [1.29, 1.82) is 0 Å². The molecule has 3 aliphatic rings. The number of para-hydroxylation sites is 1. The molecular formula is C16H19NO. The van der Waals surface area contributed by atoms with E-state index < -0.39 is 0 Å². The summed E-state index contributed by atoms with van der Waals surface area (Å²) in [6.45, 7) is 0.897. The number of nitrogens with zero attached hydrogens (tertiary/aromatic N) is 1. The first-order chi connectivity index (χ1) is 8.86. The first-order valence-corrected chi connectivity index (χ1v) is 7.25. The van der Waals surface area contributed by atoms with Gasteiger partial charge in [0.25, 0.3) is 0 Å². The summed E-state index contributed by atoms with van der Waals surface area (Å²) in [5.74, 6) is 2.22. The molecule has 0 aromatic heterocycles. The maximum atomic E-state index is 12.7. The van der Waals surface area contributed by atoms with Crippen LogP contribution in [0.3, 0.4) is 0 Å². The molecule has 1 amide bonds. The molecule has 0 bridgehead atoms. The quantitative estimate of drug-likeness (QED) is 0.740. The van der Waals surface area contributed by atoms with E-state index in [9.17, 15) is 4.79 Å². The molecule has 2 aliphatic carbocycles. The Morgan fingerprint density at radius 1 is 1.11 bits per heavy atom. The fourth-order valence-corrected chi connectivity index (χ4v) is 4.11. The lowest BCUT2D eigenvalue weighted by atomic mass is 10.0. The van der Waals surface area contributed by atoms with Gasteiger partial charge in [0, 0.05) is 18.2 Å². The number of carbonyl (C=O) groups excluding carboxylic acids is 1. The van der Waals surface area contributed by atoms with Crippen LogP contribution in [0.5, 0.6) is 0 Å². The third kappa shape index (κ3) is 1.44. The predicted molar refractivity (Wildman–Crippen MR) is 71.4 cm³/mol. The van der Waals surface area contributed by atoms with Crippen LogP contribution in [0.25, 0.3) is 0 Å². The highest BCUT2D eigenvalue weighted by Crippen LogP contribution is 2.56. The molecule has 1 heterocycles. The molecule has 0 radical (unpaired) electrons. The van der Waals surface area contributed by atoms with E-state index in [1.165, 1.54) is 36.9 Å². The van der Waals surface area contributed by atoms with Crippen LogP contribution in [0.4, 0.5) is 5.69 Å². The topological polar surface area (TPSA) is 20.3 Å². The molecule has 2 nitrogen and oxygen atoms in total. The predicted octanol–water partition coefficient (Wildman–Crippen LogP) is 3.01. The smallest absolute Gasteiger partial charge is 0.230 e. The zero-order valence-electron chi connectivity index (χ0n) is 10.6. The molecule has 0 N–H and O–H groups in total. The number of anilines is 1. The molecule has 2 saturated carbocycles. The maximum Gasteiger partial charge on any atom is 0.230 e. The summed E-state index contributed by atoms with van der Waals surface area (Å²) in [5.41, 5.74) is 2.51. The van der Waals surface area contributed by atoms with Crippen molar-refractivity contribution >= 4 is 11.6 Å². The summed E-state index contributed by atoms with van der Waals surface area (Å²) in [6.07, 6.45) is 6.28. The van der Waals surface area contributed by atoms with Crippen LogP contribution in [0.2, 0.25) is 0 Å². The second-order valence-corrected chi connectivity index (χ2v) is 6.01. The van der Waals surface area contributed by atoms with E-state index in [1.54, 1.807) is 0 Å². The Kier molecular flexibility index (Phi) is 2.26. The average Bonchev–Trinajstić information content (AvgIpc) is 2.99. The van der Waals surface area contributed by atoms with E-state index in [-0.39, 0.29) is 0 Å². The van der Waals surface area contributed by atoms with Gasteiger partial charge >= 0.3 is 0 Å². The molecule has 2 fully saturated rings. The van der Waals surface area contributed by atoms with Gasteiger partial charge < -0.3 is 4.90 Å². The summed E-state index contributed by atoms with van der Waals surface area (Å²) in [4.78, 5) is 14.7. The fraction of sp³-hybridized carbons (Fsp3) is 0.562. The minimum absolute atomic E-state index is 0.360. The lowest BCUT2D eigenvalue weighted by Gasteiger charge is -2.17. The largest absolute Gasteiger partial charge is 0.312 e. The van der Waals surface area contributed by atoms with Crippen LogP contribution in [0.15, 0.2) is 24.3 Å². The van der Waals surface area contributed by atoms with Gasteiger partial charge in [0.05, 0.1) is 0 Å². The van der Waals surface area contributed by atoms with Crippen molar-refractivity contribution in [2.24, 2.45) is 17.8 Å². The van der Waals surface area contributed by atoms with E-state index in [4.69, 9.17) is 0 Å². The number of rotatable bonds is 1. The highest BCUT2D eigenvalue weighted by molar-refractivity contribution is 5.99. The van der Waals surface area contributed by atoms with E-state index >= 15 is 0 Å². The van der Waals surface area contributed by atoms with Crippen molar-refractivity contribution in [3.63, 3.8) is 0 Å². The zero-order valence-corrected chi connectivity index (χ0v) is 10.6. The Hall–Kier alpha value is -1.31. The zero-order chi connectivity index (χ0) is 12.1. The number of hydrogen-bond acceptors (Lipinski definition) is 1. The molecule has 1 unspecified atom stereocenters. The van der Waals surface area contributed by atoms with Gasteiger partial charge in [0.2, 0.25) is 5.91 Å². The first kappa shape index (κ1) is 10.6. The minimum atomic E-state index is 0.360. The summed E-state index contributed by atoms with van der Waals surface area (Å²) in [7, 11) is 0. The second kappa shape index (κ2) is 3.84. The van der Waals surface area contributed by atoms with Crippen molar-refractivity contribution in [2.45, 2.75) is 32.1 Å². The van der Waals surface area contributed by atoms with Gasteiger partial charge in [-0.1, -0.05) is 31.0 Å². The van der Waals surface area contributed by atoms with E-state index in [1.807, 2.05) is 6.07 Å². The van der Waals surface area contributed by atoms with Gasteiger partial charge in [-0.05, 0) is 42.7 Å². The van der Waals surface area contributed by atoms with Gasteiger partial charge in [0.1, 0.15) is 0 Å². The monoisotopic (exact) mass is 241 g/mol. The van der Waals surface area contributed by atoms with Gasteiger partial charge in [-0.25, -0.2) is 0 Å². The lowest BCUT2D eigenvalue weighted by molar-refractivity contribution is -0.120. The Morgan fingerprint density at radius 3 is 2.61 bits per heavy atom. The Labute approximate surface area is 108 Å². The highest BCUT2D eigenvalue weighted by atomic mass is 16.2. The van der Waals surface area contributed by atoms with Crippen LogP contribution in [-0.4, -0.2) is 12.5 Å². The Balaban J connectivity index is 1.57. The van der Waals surface area contributed by atoms with Crippen molar-refractivity contribution in [2.75, 3.05) is 11.4 Å². The van der Waals surface area contributed by atoms with Crippen LogP contribution in [0.1, 0.15) is 31.2 Å². The molecule has 1 aliphatic heterocycles. The van der Waals surface area contributed by atoms with Crippen molar-refractivity contribution < 1.29 is 4.79 Å². The second-order valence-electron chi connectivity index (χ2n) is 6.01. The highest BCUT2D eigenvalue weighted by Gasteiger charge is 2.56. The van der Waals surface area contributed by atoms with E-state index in [0.29, 0.717) is 11.8 Å². The van der Waals surface area contributed by atoms with Gasteiger partial charge in [-0.3, -0.25) is 4.79 Å². The third-order valence-corrected chi connectivity index (χ3v) is 5.09. The summed E-state index contributed by atoms with van der Waals surface area (Å²) in [5, 5.41) is 0. The Morgan fingerprint density at radius 2 is 1.83 bits per heavy atom. The Bertz CT molecular complexity index is 484. The minimum Gasteiger partial charge on any atom is -0.312 e. The van der Waals surface area contributed by atoms with Crippen LogP contribution in [-0.2, 0) is 11.2 Å². The molecule has 0 saturated heterocycles. The van der Waals surface area contributed by atoms with Crippen molar-refractivity contribution in [3.05, 3.63) is 29.8 Å². The first-order valence-electron chi connectivity index (χ1n) is 7.25. The van der Waals surface area contributed by atoms with Crippen LogP contribution >= 0.6 is 0 Å². The molecular weight excluding hydrogens is 222 g/mol. The number of benzene rings is 1. The standard InChI is InChI=1S/C16H19NO/c18-16(15-12-6-2-3-7-13(12)15)17-10-9-11-5-1-4-8-14(11)17/h1,4-5,8,12-13,15H,2-3,6-7,9-10H2/t12-,13+,15?. The lowest BCUT2D eigenvalue weighted by Crippen LogP contribution is -2.31. The summed E-state index contributed by atoms with van der Waals surface area (Å²) < 4.78 is 0. The molecule has 94 valence electrons. The van der Waals surface area contributed by atoms with Crippen LogP contribution < -0.4 is 4.90 Å². The normalized spacial score (nSPS) is 32.9. The summed E-state index contributed by atoms with van der Waals surface area (Å²) in [6, 6.07) is 8.38. The molecule has 2 heteroatoms. The van der Waals surface area contributed by atoms with Gasteiger partial charge in [-0.2, -0.15) is 0 Å². The molecule has 3 atom stereocenters. The molecule has 1 aromatic carbocycles. The molecule has 0 spiro atoms. The SMILES string of the molecule is O=C(C1[C@H]2CCCC[C@@H]12)N1CCc2ccccc21. The average molecular weight is 241 g/mol. The fourth-order valence-electron chi connectivity index (χ4n) is 4.11. The number of hydrogen-bond donors (Lipinski definition) is 0. The molecule has 18 heavy (non-hydrogen) atoms. The number of carbonyl (C=O) groups is 1. The maximum absolute atomic E-state index is 12.7. The van der Waals surface area contributed by atoms with Gasteiger partial charge in [-0.15, -0.1) is 0 Å². The van der Waals surface area contributed by atoms with Crippen molar-refractivity contribution in [3.8, 4) is 0 Å². The summed E-state index contributed by atoms with van der Waals surface area (Å²) >= 11 is 0. The van der Waals surface area contributed by atoms with Crippen LogP contribution in [0, 0.1) is 17.8 Å². The van der Waals surface area contributed by atoms with E-state index in [2.05, 4.69) is 23.1 Å².